The number of piperazine rings is 1. The van der Waals surface area contributed by atoms with Gasteiger partial charge in [-0.1, -0.05) is 30.0 Å². The van der Waals surface area contributed by atoms with Crippen LogP contribution in [0.1, 0.15) is 18.1 Å². The normalized spacial score (nSPS) is 16.1. The second kappa shape index (κ2) is 12.0. The molecule has 0 spiro atoms. The van der Waals surface area contributed by atoms with Crippen molar-refractivity contribution in [3.63, 3.8) is 0 Å². The molecule has 8 nitrogen and oxygen atoms in total. The lowest BCUT2D eigenvalue weighted by Crippen LogP contribution is -2.59. The number of alkyl halides is 3. The van der Waals surface area contributed by atoms with Gasteiger partial charge in [-0.25, -0.2) is 9.59 Å². The van der Waals surface area contributed by atoms with E-state index in [4.69, 9.17) is 4.74 Å². The van der Waals surface area contributed by atoms with Gasteiger partial charge in [-0.15, -0.1) is 0 Å². The van der Waals surface area contributed by atoms with Gasteiger partial charge in [-0.2, -0.15) is 13.2 Å². The summed E-state index contributed by atoms with van der Waals surface area (Å²) in [5.41, 5.74) is -0.767. The molecule has 1 N–H and O–H groups in total. The molecule has 0 aliphatic carbocycles. The zero-order valence-electron chi connectivity index (χ0n) is 20.0. The third-order valence-corrected chi connectivity index (χ3v) is 6.61. The third-order valence-electron chi connectivity index (χ3n) is 5.48. The lowest BCUT2D eigenvalue weighted by atomic mass is 10.1. The van der Waals surface area contributed by atoms with Gasteiger partial charge in [0.25, 0.3) is 0 Å². The van der Waals surface area contributed by atoms with Gasteiger partial charge in [0.05, 0.1) is 30.7 Å². The average Bonchev–Trinajstić information content (AvgIpc) is 2.87. The van der Waals surface area contributed by atoms with E-state index in [0.29, 0.717) is 17.3 Å². The molecule has 0 radical (unpaired) electrons. The first kappa shape index (κ1) is 27.9. The Labute approximate surface area is 215 Å². The second-order valence-electron chi connectivity index (χ2n) is 7.87. The highest BCUT2D eigenvalue weighted by Crippen LogP contribution is 2.42. The predicted molar refractivity (Wildman–Crippen MR) is 129 cm³/mol. The van der Waals surface area contributed by atoms with E-state index in [9.17, 15) is 32.7 Å². The molecule has 1 saturated heterocycles. The molecule has 1 unspecified atom stereocenters. The standard InChI is InChI=1S/C25H25F3N2O6S/c1-3-36-19-6-4-5-7-21(19)37-20-10-8-16(14-17(20)25(26,27)28)9-11-22(31)30-13-12-29(24(34)35-2)15-18(30)23(32)33/h4-11,14,18H,3,12-13,15H2,1-2H3,(H,32,33). The van der Waals surface area contributed by atoms with Gasteiger partial charge in [0.15, 0.2) is 0 Å². The van der Waals surface area contributed by atoms with Crippen LogP contribution in [0, 0.1) is 0 Å². The molecule has 12 heteroatoms. The van der Waals surface area contributed by atoms with Crippen molar-refractivity contribution in [3.05, 3.63) is 59.7 Å². The number of halogens is 3. The van der Waals surface area contributed by atoms with Crippen LogP contribution in [0.5, 0.6) is 5.75 Å². The zero-order valence-corrected chi connectivity index (χ0v) is 20.8. The Morgan fingerprint density at radius 1 is 1.14 bits per heavy atom. The monoisotopic (exact) mass is 538 g/mol. The van der Waals surface area contributed by atoms with E-state index < -0.39 is 35.8 Å². The van der Waals surface area contributed by atoms with Crippen molar-refractivity contribution in [3.8, 4) is 5.75 Å². The smallest absolute Gasteiger partial charge is 0.417 e. The number of methoxy groups -OCH3 is 1. The Morgan fingerprint density at radius 2 is 1.86 bits per heavy atom. The summed E-state index contributed by atoms with van der Waals surface area (Å²) in [7, 11) is 1.16. The fraction of sp³-hybridized carbons (Fsp3) is 0.320. The Bertz CT molecular complexity index is 1190. The van der Waals surface area contributed by atoms with Gasteiger partial charge in [-0.05, 0) is 42.8 Å². The van der Waals surface area contributed by atoms with Crippen LogP contribution >= 0.6 is 11.8 Å². The van der Waals surface area contributed by atoms with E-state index in [0.717, 1.165) is 35.9 Å². The number of amides is 2. The van der Waals surface area contributed by atoms with E-state index in [1.165, 1.54) is 23.1 Å². The van der Waals surface area contributed by atoms with E-state index in [-0.39, 0.29) is 30.1 Å². The third kappa shape index (κ3) is 6.97. The largest absolute Gasteiger partial charge is 0.493 e. The van der Waals surface area contributed by atoms with Crippen molar-refractivity contribution in [2.75, 3.05) is 33.4 Å². The number of carbonyl (C=O) groups is 3. The van der Waals surface area contributed by atoms with Crippen LogP contribution in [0.4, 0.5) is 18.0 Å². The summed E-state index contributed by atoms with van der Waals surface area (Å²) in [5.74, 6) is -1.55. The van der Waals surface area contributed by atoms with Crippen LogP contribution in [0.15, 0.2) is 58.3 Å². The summed E-state index contributed by atoms with van der Waals surface area (Å²) in [6.45, 7) is 1.86. The van der Waals surface area contributed by atoms with Gasteiger partial charge in [0.1, 0.15) is 11.8 Å². The second-order valence-corrected chi connectivity index (χ2v) is 8.95. The molecular formula is C25H25F3N2O6S. The number of aliphatic carboxylic acids is 1. The summed E-state index contributed by atoms with van der Waals surface area (Å²) in [4.78, 5) is 38.8. The van der Waals surface area contributed by atoms with Gasteiger partial charge in [0, 0.05) is 24.1 Å². The summed E-state index contributed by atoms with van der Waals surface area (Å²) in [6, 6.07) is 9.15. The van der Waals surface area contributed by atoms with Crippen molar-refractivity contribution in [2.24, 2.45) is 0 Å². The molecule has 1 aliphatic heterocycles. The van der Waals surface area contributed by atoms with Crippen molar-refractivity contribution < 1.29 is 42.1 Å². The quantitative estimate of drug-likeness (QED) is 0.514. The molecule has 1 aliphatic rings. The molecule has 2 amide bonds. The Kier molecular flexibility index (Phi) is 9.09. The number of carboxylic acids is 1. The molecule has 198 valence electrons. The number of hydrogen-bond donors (Lipinski definition) is 1. The van der Waals surface area contributed by atoms with Crippen LogP contribution in [0.2, 0.25) is 0 Å². The van der Waals surface area contributed by atoms with Gasteiger partial charge >= 0.3 is 18.2 Å². The summed E-state index contributed by atoms with van der Waals surface area (Å²) >= 11 is 0.919. The van der Waals surface area contributed by atoms with Crippen molar-refractivity contribution in [1.82, 2.24) is 9.80 Å². The van der Waals surface area contributed by atoms with Gasteiger partial charge in [0.2, 0.25) is 5.91 Å². The van der Waals surface area contributed by atoms with E-state index >= 15 is 0 Å². The number of para-hydroxylation sites is 1. The Balaban J connectivity index is 1.82. The predicted octanol–water partition coefficient (Wildman–Crippen LogP) is 4.63. The van der Waals surface area contributed by atoms with E-state index in [1.54, 1.807) is 31.2 Å². The minimum Gasteiger partial charge on any atom is -0.493 e. The molecule has 0 aromatic heterocycles. The average molecular weight is 539 g/mol. The molecular weight excluding hydrogens is 513 g/mol. The molecule has 1 heterocycles. The highest BCUT2D eigenvalue weighted by atomic mass is 32.2. The first-order valence-corrected chi connectivity index (χ1v) is 12.0. The fourth-order valence-corrected chi connectivity index (χ4v) is 4.74. The number of benzene rings is 2. The van der Waals surface area contributed by atoms with Crippen molar-refractivity contribution >= 4 is 35.8 Å². The molecule has 2 aromatic carbocycles. The lowest BCUT2D eigenvalue weighted by molar-refractivity contribution is -0.151. The topological polar surface area (TPSA) is 96.4 Å². The number of ether oxygens (including phenoxy) is 2. The Morgan fingerprint density at radius 3 is 2.51 bits per heavy atom. The molecule has 37 heavy (non-hydrogen) atoms. The molecule has 0 saturated carbocycles. The number of rotatable bonds is 7. The molecule has 2 aromatic rings. The van der Waals surface area contributed by atoms with Crippen LogP contribution < -0.4 is 4.74 Å². The molecule has 1 atom stereocenters. The number of carbonyl (C=O) groups excluding carboxylic acids is 2. The highest BCUT2D eigenvalue weighted by Gasteiger charge is 2.37. The van der Waals surface area contributed by atoms with Crippen molar-refractivity contribution in [2.45, 2.75) is 28.9 Å². The van der Waals surface area contributed by atoms with E-state index in [2.05, 4.69) is 4.74 Å². The zero-order chi connectivity index (χ0) is 27.2. The maximum absolute atomic E-state index is 13.9. The van der Waals surface area contributed by atoms with Crippen LogP contribution in [0.25, 0.3) is 6.08 Å². The SMILES string of the molecule is CCOc1ccccc1Sc1ccc(C=CC(=O)N2CCN(C(=O)OC)CC2C(=O)O)cc1C(F)(F)F. The number of hydrogen-bond acceptors (Lipinski definition) is 6. The molecule has 1 fully saturated rings. The molecule has 3 rings (SSSR count). The first-order chi connectivity index (χ1) is 17.5. The number of carboxylic acid groups (broad SMARTS) is 1. The Hall–Kier alpha value is -3.67. The maximum atomic E-state index is 13.9. The van der Waals surface area contributed by atoms with E-state index in [1.807, 2.05) is 0 Å². The highest BCUT2D eigenvalue weighted by molar-refractivity contribution is 7.99. The van der Waals surface area contributed by atoms with Crippen LogP contribution in [0.3, 0.4) is 0 Å². The minimum absolute atomic E-state index is 0.0343. The molecule has 0 bridgehead atoms. The summed E-state index contributed by atoms with van der Waals surface area (Å²) in [6.07, 6.45) is -3.15. The first-order valence-electron chi connectivity index (χ1n) is 11.2. The summed E-state index contributed by atoms with van der Waals surface area (Å²) in [5, 5.41) is 9.51. The minimum atomic E-state index is -4.66. The fourth-order valence-electron chi connectivity index (χ4n) is 3.71. The van der Waals surface area contributed by atoms with Crippen molar-refractivity contribution in [1.29, 1.82) is 0 Å². The van der Waals surface area contributed by atoms with Gasteiger partial charge in [-0.3, -0.25) is 4.79 Å². The van der Waals surface area contributed by atoms with Gasteiger partial charge < -0.3 is 24.4 Å². The maximum Gasteiger partial charge on any atom is 0.417 e. The summed E-state index contributed by atoms with van der Waals surface area (Å²) < 4.78 is 51.8. The number of nitrogens with zero attached hydrogens (tertiary/aromatic N) is 2. The lowest BCUT2D eigenvalue weighted by Gasteiger charge is -2.38. The van der Waals surface area contributed by atoms with Crippen LogP contribution in [-0.4, -0.2) is 72.3 Å². The van der Waals surface area contributed by atoms with Crippen LogP contribution in [-0.2, 0) is 20.5 Å².